The van der Waals surface area contributed by atoms with Crippen LogP contribution in [0, 0.1) is 5.82 Å². The Morgan fingerprint density at radius 3 is 2.76 bits per heavy atom. The first-order valence-corrected chi connectivity index (χ1v) is 6.04. The summed E-state index contributed by atoms with van der Waals surface area (Å²) in [6, 6.07) is 4.65. The van der Waals surface area contributed by atoms with Gasteiger partial charge in [-0.1, -0.05) is 12.8 Å². The molecule has 1 aliphatic carbocycles. The molecule has 0 radical (unpaired) electrons. The first-order chi connectivity index (χ1) is 8.10. The maximum atomic E-state index is 13.4. The van der Waals surface area contributed by atoms with E-state index in [2.05, 4.69) is 11.9 Å². The Labute approximate surface area is 99.4 Å². The van der Waals surface area contributed by atoms with Crippen molar-refractivity contribution in [3.05, 3.63) is 24.0 Å². The molecule has 1 aromatic carbocycles. The summed E-state index contributed by atoms with van der Waals surface area (Å²) >= 11 is 0. The van der Waals surface area contributed by atoms with Crippen LogP contribution >= 0.6 is 0 Å². The zero-order valence-electron chi connectivity index (χ0n) is 9.91. The van der Waals surface area contributed by atoms with Crippen molar-refractivity contribution in [3.8, 4) is 0 Å². The van der Waals surface area contributed by atoms with Crippen LogP contribution in [0.2, 0.25) is 0 Å². The topological polar surface area (TPSA) is 43.8 Å². The number of aromatic nitrogens is 2. The van der Waals surface area contributed by atoms with Gasteiger partial charge in [-0.3, -0.25) is 0 Å². The molecular weight excluding hydrogens is 217 g/mol. The lowest BCUT2D eigenvalue weighted by Gasteiger charge is -2.27. The predicted octanol–water partition coefficient (Wildman–Crippen LogP) is 3.05. The van der Waals surface area contributed by atoms with E-state index in [1.807, 2.05) is 4.57 Å². The number of nitrogens with two attached hydrogens (primary N) is 1. The lowest BCUT2D eigenvalue weighted by Crippen LogP contribution is -2.27. The van der Waals surface area contributed by atoms with E-state index in [4.69, 9.17) is 5.73 Å². The van der Waals surface area contributed by atoms with E-state index in [1.54, 1.807) is 6.07 Å². The van der Waals surface area contributed by atoms with Crippen LogP contribution in [0.25, 0.3) is 11.0 Å². The van der Waals surface area contributed by atoms with E-state index in [0.717, 1.165) is 23.9 Å². The molecule has 3 rings (SSSR count). The fraction of sp³-hybridized carbons (Fsp3) is 0.462. The minimum Gasteiger partial charge on any atom is -0.369 e. The molecule has 0 unspecified atom stereocenters. The van der Waals surface area contributed by atoms with Gasteiger partial charge in [0.05, 0.1) is 11.0 Å². The van der Waals surface area contributed by atoms with Gasteiger partial charge >= 0.3 is 0 Å². The second-order valence-corrected chi connectivity index (χ2v) is 5.14. The van der Waals surface area contributed by atoms with Crippen LogP contribution in [-0.2, 0) is 5.54 Å². The highest BCUT2D eigenvalue weighted by Gasteiger charge is 2.33. The average molecular weight is 233 g/mol. The molecule has 0 aliphatic heterocycles. The van der Waals surface area contributed by atoms with Gasteiger partial charge in [-0.2, -0.15) is 0 Å². The van der Waals surface area contributed by atoms with E-state index in [9.17, 15) is 4.39 Å². The van der Waals surface area contributed by atoms with Crippen LogP contribution in [0.4, 0.5) is 10.3 Å². The quantitative estimate of drug-likeness (QED) is 0.822. The Morgan fingerprint density at radius 2 is 2.06 bits per heavy atom. The van der Waals surface area contributed by atoms with Crippen LogP contribution in [0.5, 0.6) is 0 Å². The molecule has 4 heteroatoms. The molecule has 1 aliphatic rings. The van der Waals surface area contributed by atoms with Crippen LogP contribution in [-0.4, -0.2) is 9.55 Å². The monoisotopic (exact) mass is 233 g/mol. The first-order valence-electron chi connectivity index (χ1n) is 6.04. The van der Waals surface area contributed by atoms with Crippen molar-refractivity contribution >= 4 is 17.0 Å². The lowest BCUT2D eigenvalue weighted by atomic mass is 10.00. The Kier molecular flexibility index (Phi) is 2.15. The molecule has 2 N–H and O–H groups in total. The van der Waals surface area contributed by atoms with E-state index in [0.29, 0.717) is 5.95 Å². The summed E-state index contributed by atoms with van der Waals surface area (Å²) in [6.07, 6.45) is 4.56. The van der Waals surface area contributed by atoms with Gasteiger partial charge < -0.3 is 10.3 Å². The highest BCUT2D eigenvalue weighted by atomic mass is 19.1. The standard InChI is InChI=1S/C13H16FN3/c1-13(6-2-3-7-13)17-11-8-9(14)4-5-10(11)16-12(17)15/h4-5,8H,2-3,6-7H2,1H3,(H2,15,16). The maximum absolute atomic E-state index is 13.4. The molecule has 0 spiro atoms. The van der Waals surface area contributed by atoms with Crippen LogP contribution in [0.1, 0.15) is 32.6 Å². The highest BCUT2D eigenvalue weighted by Crippen LogP contribution is 2.40. The van der Waals surface area contributed by atoms with E-state index in [-0.39, 0.29) is 11.4 Å². The highest BCUT2D eigenvalue weighted by molar-refractivity contribution is 5.78. The lowest BCUT2D eigenvalue weighted by molar-refractivity contribution is 0.343. The fourth-order valence-corrected chi connectivity index (χ4v) is 2.99. The maximum Gasteiger partial charge on any atom is 0.201 e. The number of nitrogen functional groups attached to an aromatic ring is 1. The second-order valence-electron chi connectivity index (χ2n) is 5.14. The molecule has 3 nitrogen and oxygen atoms in total. The Bertz CT molecular complexity index is 567. The number of nitrogens with zero attached hydrogens (tertiary/aromatic N) is 2. The summed E-state index contributed by atoms with van der Waals surface area (Å²) in [5.74, 6) is 0.259. The number of fused-ring (bicyclic) bond motifs is 1. The van der Waals surface area contributed by atoms with Crippen molar-refractivity contribution in [2.75, 3.05) is 5.73 Å². The summed E-state index contributed by atoms with van der Waals surface area (Å²) in [4.78, 5) is 4.32. The minimum atomic E-state index is -0.236. The van der Waals surface area contributed by atoms with Crippen molar-refractivity contribution in [3.63, 3.8) is 0 Å². The molecular formula is C13H16FN3. The molecule has 1 aromatic heterocycles. The molecule has 1 fully saturated rings. The van der Waals surface area contributed by atoms with Gasteiger partial charge in [0.25, 0.3) is 0 Å². The van der Waals surface area contributed by atoms with Crippen LogP contribution in [0.15, 0.2) is 18.2 Å². The summed E-state index contributed by atoms with van der Waals surface area (Å²) in [5, 5.41) is 0. The van der Waals surface area contributed by atoms with Crippen LogP contribution in [0.3, 0.4) is 0 Å². The smallest absolute Gasteiger partial charge is 0.201 e. The van der Waals surface area contributed by atoms with Crippen LogP contribution < -0.4 is 5.73 Å². The average Bonchev–Trinajstić information content (AvgIpc) is 2.82. The number of anilines is 1. The van der Waals surface area contributed by atoms with Gasteiger partial charge in [-0.15, -0.1) is 0 Å². The fourth-order valence-electron chi connectivity index (χ4n) is 2.99. The van der Waals surface area contributed by atoms with Gasteiger partial charge in [0.2, 0.25) is 5.95 Å². The summed E-state index contributed by atoms with van der Waals surface area (Å²) < 4.78 is 15.4. The number of imidazole rings is 1. The van der Waals surface area contributed by atoms with Gasteiger partial charge in [0, 0.05) is 5.54 Å². The van der Waals surface area contributed by atoms with E-state index < -0.39 is 0 Å². The predicted molar refractivity (Wildman–Crippen MR) is 66.2 cm³/mol. The Balaban J connectivity index is 2.27. The van der Waals surface area contributed by atoms with Gasteiger partial charge in [0.15, 0.2) is 0 Å². The van der Waals surface area contributed by atoms with Crippen molar-refractivity contribution in [1.82, 2.24) is 9.55 Å². The third-order valence-corrected chi connectivity index (χ3v) is 3.86. The number of hydrogen-bond acceptors (Lipinski definition) is 2. The number of hydrogen-bond donors (Lipinski definition) is 1. The van der Waals surface area contributed by atoms with Crippen molar-refractivity contribution in [2.24, 2.45) is 0 Å². The number of benzene rings is 1. The molecule has 1 heterocycles. The zero-order valence-corrected chi connectivity index (χ0v) is 9.91. The summed E-state index contributed by atoms with van der Waals surface area (Å²) in [6.45, 7) is 2.18. The second kappa shape index (κ2) is 3.45. The molecule has 0 amide bonds. The number of rotatable bonds is 1. The molecule has 0 atom stereocenters. The minimum absolute atomic E-state index is 0.00731. The first kappa shape index (κ1) is 10.6. The molecule has 90 valence electrons. The molecule has 1 saturated carbocycles. The SMILES string of the molecule is CC1(n2c(N)nc3ccc(F)cc32)CCCC1. The molecule has 2 aromatic rings. The number of halogens is 1. The summed E-state index contributed by atoms with van der Waals surface area (Å²) in [7, 11) is 0. The van der Waals surface area contributed by atoms with E-state index in [1.165, 1.54) is 25.0 Å². The largest absolute Gasteiger partial charge is 0.369 e. The molecule has 0 saturated heterocycles. The Morgan fingerprint density at radius 1 is 1.35 bits per heavy atom. The Hall–Kier alpha value is -1.58. The third kappa shape index (κ3) is 1.51. The van der Waals surface area contributed by atoms with Crippen molar-refractivity contribution < 1.29 is 4.39 Å². The van der Waals surface area contributed by atoms with Gasteiger partial charge in [0.1, 0.15) is 5.82 Å². The van der Waals surface area contributed by atoms with Crippen molar-refractivity contribution in [1.29, 1.82) is 0 Å². The zero-order chi connectivity index (χ0) is 12.0. The molecule has 17 heavy (non-hydrogen) atoms. The summed E-state index contributed by atoms with van der Waals surface area (Å²) in [5.41, 5.74) is 7.58. The molecule has 0 bridgehead atoms. The normalized spacial score (nSPS) is 18.9. The van der Waals surface area contributed by atoms with E-state index >= 15 is 0 Å². The third-order valence-electron chi connectivity index (χ3n) is 3.86. The van der Waals surface area contributed by atoms with Gasteiger partial charge in [-0.25, -0.2) is 9.37 Å². The van der Waals surface area contributed by atoms with Gasteiger partial charge in [-0.05, 0) is 38.0 Å². The van der Waals surface area contributed by atoms with Crippen molar-refractivity contribution in [2.45, 2.75) is 38.1 Å².